The van der Waals surface area contributed by atoms with Gasteiger partial charge in [-0.15, -0.1) is 0 Å². The molecule has 1 rings (SSSR count). The Morgan fingerprint density at radius 3 is 2.63 bits per heavy atom. The third-order valence-electron chi connectivity index (χ3n) is 2.66. The molecule has 1 aromatic carbocycles. The highest BCUT2D eigenvalue weighted by molar-refractivity contribution is 5.95. The monoisotopic (exact) mass is 261 g/mol. The molecule has 0 unspecified atom stereocenters. The third kappa shape index (κ3) is 3.78. The lowest BCUT2D eigenvalue weighted by atomic mass is 9.96. The highest BCUT2D eigenvalue weighted by Crippen LogP contribution is 2.17. The molecule has 0 heterocycles. The van der Waals surface area contributed by atoms with E-state index in [2.05, 4.69) is 11.4 Å². The van der Waals surface area contributed by atoms with Crippen molar-refractivity contribution in [3.05, 3.63) is 39.4 Å². The minimum Gasteiger partial charge on any atom is -0.350 e. The van der Waals surface area contributed by atoms with Gasteiger partial charge >= 0.3 is 0 Å². The van der Waals surface area contributed by atoms with Crippen LogP contribution in [0.15, 0.2) is 18.2 Å². The van der Waals surface area contributed by atoms with Gasteiger partial charge in [0.25, 0.3) is 11.6 Å². The van der Waals surface area contributed by atoms with E-state index in [0.717, 1.165) is 0 Å². The van der Waals surface area contributed by atoms with Crippen molar-refractivity contribution in [1.29, 1.82) is 5.26 Å². The predicted molar refractivity (Wildman–Crippen MR) is 69.6 cm³/mol. The van der Waals surface area contributed by atoms with Crippen LogP contribution in [0.25, 0.3) is 0 Å². The first-order chi connectivity index (χ1) is 8.76. The summed E-state index contributed by atoms with van der Waals surface area (Å²) >= 11 is 0. The van der Waals surface area contributed by atoms with Gasteiger partial charge in [0.2, 0.25) is 0 Å². The van der Waals surface area contributed by atoms with E-state index in [1.54, 1.807) is 20.8 Å². The summed E-state index contributed by atoms with van der Waals surface area (Å²) in [6.07, 6.45) is 0. The molecule has 0 saturated heterocycles. The van der Waals surface area contributed by atoms with Crippen LogP contribution in [0.2, 0.25) is 0 Å². The van der Waals surface area contributed by atoms with Crippen molar-refractivity contribution in [2.75, 3.05) is 6.54 Å². The molecular formula is C13H15N3O3. The third-order valence-corrected chi connectivity index (χ3v) is 2.66. The summed E-state index contributed by atoms with van der Waals surface area (Å²) in [5.41, 5.74) is 0.205. The van der Waals surface area contributed by atoms with Gasteiger partial charge in [0.1, 0.15) is 0 Å². The molecule has 0 atom stereocenters. The fourth-order valence-electron chi connectivity index (χ4n) is 1.45. The number of nitrogens with zero attached hydrogens (tertiary/aromatic N) is 2. The van der Waals surface area contributed by atoms with E-state index < -0.39 is 10.3 Å². The minimum atomic E-state index is -0.648. The number of nitrogens with one attached hydrogen (secondary N) is 1. The molecule has 0 radical (unpaired) electrons. The molecule has 0 saturated carbocycles. The number of nitro benzene ring substituents is 1. The van der Waals surface area contributed by atoms with E-state index in [1.165, 1.54) is 18.2 Å². The lowest BCUT2D eigenvalue weighted by Crippen LogP contribution is -2.33. The summed E-state index contributed by atoms with van der Waals surface area (Å²) in [5, 5.41) is 22.1. The van der Waals surface area contributed by atoms with Crippen molar-refractivity contribution in [2.45, 2.75) is 20.8 Å². The topological polar surface area (TPSA) is 96.0 Å². The smallest absolute Gasteiger partial charge is 0.269 e. The summed E-state index contributed by atoms with van der Waals surface area (Å²) in [6, 6.07) is 6.14. The zero-order valence-corrected chi connectivity index (χ0v) is 11.1. The number of benzene rings is 1. The number of aryl methyl sites for hydroxylation is 1. The summed E-state index contributed by atoms with van der Waals surface area (Å²) in [6.45, 7) is 5.29. The van der Waals surface area contributed by atoms with Crippen molar-refractivity contribution >= 4 is 11.6 Å². The molecule has 100 valence electrons. The molecule has 0 aliphatic rings. The van der Waals surface area contributed by atoms with Crippen molar-refractivity contribution in [2.24, 2.45) is 5.41 Å². The van der Waals surface area contributed by atoms with Crippen molar-refractivity contribution in [1.82, 2.24) is 5.32 Å². The predicted octanol–water partition coefficient (Wildman–Crippen LogP) is 2.18. The average molecular weight is 261 g/mol. The molecule has 0 fully saturated rings. The molecule has 6 nitrogen and oxygen atoms in total. The van der Waals surface area contributed by atoms with Crippen LogP contribution in [0.3, 0.4) is 0 Å². The Hall–Kier alpha value is -2.42. The maximum absolute atomic E-state index is 11.9. The molecule has 1 amide bonds. The molecule has 0 bridgehead atoms. The first-order valence-electron chi connectivity index (χ1n) is 5.71. The number of nitriles is 1. The number of carbonyl (C=O) groups excluding carboxylic acids is 1. The molecule has 0 aromatic heterocycles. The standard InChI is InChI=1S/C13H15N3O3/c1-9-6-10(16(18)19)4-5-11(9)12(17)15-8-13(2,3)7-14/h4-6H,8H2,1-3H3,(H,15,17). The lowest BCUT2D eigenvalue weighted by Gasteiger charge is -2.16. The molecule has 0 aliphatic carbocycles. The summed E-state index contributed by atoms with van der Waals surface area (Å²) in [5.74, 6) is -0.337. The molecule has 1 N–H and O–H groups in total. The molecule has 19 heavy (non-hydrogen) atoms. The second-order valence-electron chi connectivity index (χ2n) is 4.93. The number of hydrogen-bond donors (Lipinski definition) is 1. The summed E-state index contributed by atoms with van der Waals surface area (Å²) in [4.78, 5) is 22.0. The van der Waals surface area contributed by atoms with Crippen molar-refractivity contribution < 1.29 is 9.72 Å². The van der Waals surface area contributed by atoms with E-state index in [0.29, 0.717) is 11.1 Å². The number of amides is 1. The van der Waals surface area contributed by atoms with Crippen LogP contribution in [0.1, 0.15) is 29.8 Å². The maximum atomic E-state index is 11.9. The Morgan fingerprint density at radius 2 is 2.16 bits per heavy atom. The molecule has 0 aliphatic heterocycles. The molecule has 0 spiro atoms. The van der Waals surface area contributed by atoms with E-state index in [9.17, 15) is 14.9 Å². The molecule has 1 aromatic rings. The van der Waals surface area contributed by atoms with Gasteiger partial charge in [-0.25, -0.2) is 0 Å². The summed E-state index contributed by atoms with van der Waals surface area (Å²) in [7, 11) is 0. The van der Waals surface area contributed by atoms with Crippen LogP contribution in [-0.4, -0.2) is 17.4 Å². The number of non-ortho nitro benzene ring substituents is 1. The van der Waals surface area contributed by atoms with Gasteiger partial charge in [0.05, 0.1) is 16.4 Å². The number of carbonyl (C=O) groups is 1. The van der Waals surface area contributed by atoms with Crippen LogP contribution in [0.5, 0.6) is 0 Å². The fourth-order valence-corrected chi connectivity index (χ4v) is 1.45. The lowest BCUT2D eigenvalue weighted by molar-refractivity contribution is -0.384. The van der Waals surface area contributed by atoms with Crippen LogP contribution in [0, 0.1) is 33.8 Å². The Labute approximate surface area is 111 Å². The van der Waals surface area contributed by atoms with E-state index in [1.807, 2.05) is 0 Å². The van der Waals surface area contributed by atoms with Gasteiger partial charge in [-0.2, -0.15) is 5.26 Å². The quantitative estimate of drug-likeness (QED) is 0.663. The minimum absolute atomic E-state index is 0.0496. The fraction of sp³-hybridized carbons (Fsp3) is 0.385. The van der Waals surface area contributed by atoms with Crippen LogP contribution < -0.4 is 5.32 Å². The SMILES string of the molecule is Cc1cc([N+](=O)[O-])ccc1C(=O)NCC(C)(C)C#N. The van der Waals surface area contributed by atoms with Crippen LogP contribution in [0.4, 0.5) is 5.69 Å². The molecule has 6 heteroatoms. The zero-order valence-electron chi connectivity index (χ0n) is 11.1. The van der Waals surface area contributed by atoms with Gasteiger partial charge in [0, 0.05) is 24.2 Å². The first-order valence-corrected chi connectivity index (χ1v) is 5.71. The Balaban J connectivity index is 2.84. The zero-order chi connectivity index (χ0) is 14.6. The number of nitro groups is 1. The highest BCUT2D eigenvalue weighted by atomic mass is 16.6. The second kappa shape index (κ2) is 5.48. The Morgan fingerprint density at radius 1 is 1.53 bits per heavy atom. The average Bonchev–Trinajstić information content (AvgIpc) is 2.36. The number of rotatable bonds is 4. The van der Waals surface area contributed by atoms with Gasteiger partial charge in [0.15, 0.2) is 0 Å². The largest absolute Gasteiger partial charge is 0.350 e. The Kier molecular flexibility index (Phi) is 4.22. The van der Waals surface area contributed by atoms with E-state index >= 15 is 0 Å². The molecular weight excluding hydrogens is 246 g/mol. The normalized spacial score (nSPS) is 10.6. The van der Waals surface area contributed by atoms with Gasteiger partial charge in [-0.3, -0.25) is 14.9 Å². The van der Waals surface area contributed by atoms with E-state index in [4.69, 9.17) is 5.26 Å². The van der Waals surface area contributed by atoms with Crippen molar-refractivity contribution in [3.63, 3.8) is 0 Å². The van der Waals surface area contributed by atoms with Gasteiger partial charge in [-0.1, -0.05) is 0 Å². The Bertz CT molecular complexity index is 559. The van der Waals surface area contributed by atoms with Crippen molar-refractivity contribution in [3.8, 4) is 6.07 Å². The highest BCUT2D eigenvalue weighted by Gasteiger charge is 2.19. The van der Waals surface area contributed by atoms with Gasteiger partial charge in [-0.05, 0) is 32.4 Å². The van der Waals surface area contributed by atoms with E-state index in [-0.39, 0.29) is 18.1 Å². The number of hydrogen-bond acceptors (Lipinski definition) is 4. The first kappa shape index (κ1) is 14.6. The van der Waals surface area contributed by atoms with Gasteiger partial charge < -0.3 is 5.32 Å². The maximum Gasteiger partial charge on any atom is 0.269 e. The second-order valence-corrected chi connectivity index (χ2v) is 4.93. The summed E-state index contributed by atoms with van der Waals surface area (Å²) < 4.78 is 0. The van der Waals surface area contributed by atoms with Crippen LogP contribution in [-0.2, 0) is 0 Å². The van der Waals surface area contributed by atoms with Crippen LogP contribution >= 0.6 is 0 Å².